The molecule has 0 aliphatic carbocycles. The van der Waals surface area contributed by atoms with Crippen LogP contribution >= 0.6 is 0 Å². The van der Waals surface area contributed by atoms with Crippen molar-refractivity contribution in [3.8, 4) is 0 Å². The van der Waals surface area contributed by atoms with E-state index in [1.807, 2.05) is 243 Å². The molecule has 0 unspecified atom stereocenters. The third-order valence-electron chi connectivity index (χ3n) is 13.3. The van der Waals surface area contributed by atoms with Crippen molar-refractivity contribution in [3.05, 3.63) is 243 Å². The van der Waals surface area contributed by atoms with Crippen LogP contribution in [0.15, 0.2) is 243 Å². The topological polar surface area (TPSA) is 129 Å². The average Bonchev–Trinajstić information content (AvgIpc) is 2.09. The fourth-order valence-corrected chi connectivity index (χ4v) is 64.1. The van der Waals surface area contributed by atoms with Crippen molar-refractivity contribution in [1.82, 2.24) is 0 Å². The second-order valence-corrected chi connectivity index (χ2v) is 56.9. The minimum Gasteiger partial charge on any atom is -0.419 e. The molecule has 26 heteroatoms. The van der Waals surface area contributed by atoms with Gasteiger partial charge >= 0.3 is 70.4 Å². The molecule has 82 heavy (non-hydrogen) atoms. The molecule has 14 nitrogen and oxygen atoms in total. The fourth-order valence-electron chi connectivity index (χ4n) is 10.1. The van der Waals surface area contributed by atoms with E-state index in [0.29, 0.717) is 41.5 Å². The van der Waals surface area contributed by atoms with E-state index in [2.05, 4.69) is 52.4 Å². The van der Waals surface area contributed by atoms with Crippen LogP contribution in [0.2, 0.25) is 52.4 Å². The summed E-state index contributed by atoms with van der Waals surface area (Å²) in [5.74, 6) is 0. The van der Waals surface area contributed by atoms with Crippen LogP contribution in [0.1, 0.15) is 0 Å². The van der Waals surface area contributed by atoms with Crippen molar-refractivity contribution in [3.63, 3.8) is 0 Å². The molecule has 0 amide bonds. The van der Waals surface area contributed by atoms with E-state index in [0.717, 1.165) is 0 Å². The van der Waals surface area contributed by atoms with Gasteiger partial charge in [0.1, 0.15) is 19.5 Å². The van der Waals surface area contributed by atoms with Crippen LogP contribution in [-0.4, -0.2) is 107 Å². The quantitative estimate of drug-likeness (QED) is 0.121. The molecule has 0 atom stereocenters. The van der Waals surface area contributed by atoms with Crippen LogP contribution in [0.4, 0.5) is 0 Å². The van der Waals surface area contributed by atoms with Crippen molar-refractivity contribution in [2.45, 2.75) is 52.4 Å². The highest BCUT2D eigenvalue weighted by Gasteiger charge is 2.80. The highest BCUT2D eigenvalue weighted by atomic mass is 28.6. The van der Waals surface area contributed by atoms with E-state index in [9.17, 15) is 0 Å². The lowest BCUT2D eigenvalue weighted by molar-refractivity contribution is 0.0496. The van der Waals surface area contributed by atoms with Gasteiger partial charge in [-0.25, -0.2) is 0 Å². The van der Waals surface area contributed by atoms with Gasteiger partial charge in [0, 0.05) is 41.5 Å². The molecule has 4 heterocycles. The summed E-state index contributed by atoms with van der Waals surface area (Å²) in [5.41, 5.74) is 0. The number of rotatable bonds is 16. The van der Waals surface area contributed by atoms with Gasteiger partial charge in [0.25, 0.3) is 0 Å². The Balaban J connectivity index is 1.43. The summed E-state index contributed by atoms with van der Waals surface area (Å²) in [5, 5.41) is 4.55. The van der Waals surface area contributed by atoms with E-state index in [4.69, 9.17) is 57.6 Å². The number of hydrogen-bond donors (Lipinski definition) is 0. The van der Waals surface area contributed by atoms with Gasteiger partial charge in [0.2, 0.25) is 0 Å². The van der Waals surface area contributed by atoms with Gasteiger partial charge in [-0.2, -0.15) is 0 Å². The lowest BCUT2D eigenvalue weighted by atomic mass is 10.4. The van der Waals surface area contributed by atoms with Crippen molar-refractivity contribution in [2.24, 2.45) is 0 Å². The number of fused-ring (bicyclic) bond motifs is 4. The van der Waals surface area contributed by atoms with Crippen molar-refractivity contribution in [2.75, 3.05) is 0 Å². The Labute approximate surface area is 497 Å². The minimum atomic E-state index is -5.16. The molecule has 4 bridgehead atoms. The van der Waals surface area contributed by atoms with Crippen molar-refractivity contribution >= 4 is 148 Å². The lowest BCUT2D eigenvalue weighted by Gasteiger charge is -2.57. The van der Waals surface area contributed by atoms with Crippen LogP contribution in [0, 0.1) is 0 Å². The minimum absolute atomic E-state index is 0.524. The third kappa shape index (κ3) is 12.0. The van der Waals surface area contributed by atoms with Gasteiger partial charge in [-0.1, -0.05) is 256 Å². The van der Waals surface area contributed by atoms with Crippen molar-refractivity contribution in [1.29, 1.82) is 0 Å². The zero-order valence-electron chi connectivity index (χ0n) is 47.2. The van der Waals surface area contributed by atoms with Crippen LogP contribution in [0.5, 0.6) is 0 Å². The Kier molecular flexibility index (Phi) is 17.4. The molecule has 0 spiro atoms. The smallest absolute Gasteiger partial charge is 0.419 e. The van der Waals surface area contributed by atoms with Crippen LogP contribution in [-0.2, 0) is 57.6 Å². The average molecular weight is 1300 g/mol. The Morgan fingerprint density at radius 3 is 0.598 bits per heavy atom. The summed E-state index contributed by atoms with van der Waals surface area (Å²) in [6.07, 6.45) is 0. The van der Waals surface area contributed by atoms with E-state index >= 15 is 0 Å². The highest BCUT2D eigenvalue weighted by molar-refractivity contribution is 7.11. The highest BCUT2D eigenvalue weighted by Crippen LogP contribution is 2.43. The Bertz CT molecular complexity index is 3120. The van der Waals surface area contributed by atoms with Crippen molar-refractivity contribution < 1.29 is 57.6 Å². The first-order valence-corrected chi connectivity index (χ1v) is 52.2. The van der Waals surface area contributed by atoms with Gasteiger partial charge in [0.15, 0.2) is 16.6 Å². The normalized spacial score (nSPS) is 30.0. The molecule has 424 valence electrons. The molecule has 0 aromatic heterocycles. The summed E-state index contributed by atoms with van der Waals surface area (Å²) in [7, 11) is -48.2. The van der Waals surface area contributed by atoms with Gasteiger partial charge < -0.3 is 57.6 Å². The molecule has 4 aliphatic rings. The van der Waals surface area contributed by atoms with Gasteiger partial charge in [0.05, 0.1) is 0 Å². The second kappa shape index (κ2) is 23.9. The Morgan fingerprint density at radius 1 is 0.244 bits per heavy atom. The number of hydrogen-bond acceptors (Lipinski definition) is 14. The molecule has 4 saturated heterocycles. The van der Waals surface area contributed by atoms with Gasteiger partial charge in [-0.3, -0.25) is 0 Å². The standard InChI is InChI=1S/C56H68O14Si12/c1-71-57-75(49-33-17-9-18-34-49)61-79(53-41-25-13-26-42-53)63-76(58-72-2,50-35-19-10-20-36-50)64-80(62-75,54-43-27-14-28-44-54)70-82(56-47-31-16-32-48-56)66-77(59-73(3,4)5,51-37-21-11-22-38-51)65-81(69-79,55-45-29-15-30-46-55)67-78(68-82,60-74(6,7)8)52-39-23-12-24-40-52/h9-48H,71-72H2,1-8H3. The number of benzene rings is 8. The van der Waals surface area contributed by atoms with E-state index in [1.54, 1.807) is 0 Å². The SMILES string of the molecule is C[SiH2]O[Si]1(c2ccccc2)O[Si]2(c3ccccc3)O[Si](O[SiH2]C)(c3ccccc3)O[Si](c3ccccc3)(O1)O[Si]1(c3ccccc3)O[Si](O[Si](C)(C)C)(c3ccccc3)O[Si](c3ccccc3)(O[Si](O[Si](C)(C)C)(c3ccccc3)O1)O2. The summed E-state index contributed by atoms with van der Waals surface area (Å²) in [4.78, 5) is 0. The zero-order valence-corrected chi connectivity index (χ0v) is 60.1. The molecule has 8 aromatic rings. The Morgan fingerprint density at radius 2 is 0.415 bits per heavy atom. The third-order valence-corrected chi connectivity index (χ3v) is 55.5. The first-order valence-electron chi connectivity index (χ1n) is 27.6. The van der Waals surface area contributed by atoms with E-state index in [-0.39, 0.29) is 0 Å². The maximum absolute atomic E-state index is 8.65. The molecule has 0 saturated carbocycles. The van der Waals surface area contributed by atoms with Crippen LogP contribution < -0.4 is 41.5 Å². The molecular formula is C56H68O14Si12. The summed E-state index contributed by atoms with van der Waals surface area (Å²) >= 11 is 0. The van der Waals surface area contributed by atoms with E-state index in [1.165, 1.54) is 0 Å². The predicted octanol–water partition coefficient (Wildman–Crippen LogP) is 4.96. The summed E-state index contributed by atoms with van der Waals surface area (Å²) in [6.45, 7) is 16.8. The lowest BCUT2D eigenvalue weighted by Crippen LogP contribution is -2.90. The molecule has 0 N–H and O–H groups in total. The fraction of sp³-hybridized carbons (Fsp3) is 0.143. The van der Waals surface area contributed by atoms with Gasteiger partial charge in [-0.05, 0) is 39.3 Å². The summed E-state index contributed by atoms with van der Waals surface area (Å²) in [6, 6.07) is 78.2. The molecule has 4 fully saturated rings. The predicted molar refractivity (Wildman–Crippen MR) is 345 cm³/mol. The maximum atomic E-state index is 8.65. The Hall–Kier alpha value is -4.20. The molecule has 12 rings (SSSR count). The first-order chi connectivity index (χ1) is 39.4. The summed E-state index contributed by atoms with van der Waals surface area (Å²) < 4.78 is 116. The molecule has 0 radical (unpaired) electrons. The van der Waals surface area contributed by atoms with Crippen LogP contribution in [0.3, 0.4) is 0 Å². The monoisotopic (exact) mass is 1300 g/mol. The second-order valence-electron chi connectivity index (χ2n) is 21.7. The first kappa shape index (κ1) is 59.5. The maximum Gasteiger partial charge on any atom is 0.515 e. The molecule has 8 aromatic carbocycles. The molecular weight excluding hydrogens is 1230 g/mol. The molecule has 4 aliphatic heterocycles. The van der Waals surface area contributed by atoms with Crippen LogP contribution in [0.25, 0.3) is 0 Å². The van der Waals surface area contributed by atoms with Gasteiger partial charge in [-0.15, -0.1) is 0 Å². The van der Waals surface area contributed by atoms with E-state index < -0.39 is 107 Å². The largest absolute Gasteiger partial charge is 0.515 e. The zero-order chi connectivity index (χ0) is 57.2.